The number of pyridine rings is 1. The van der Waals surface area contributed by atoms with Gasteiger partial charge >= 0.3 is 6.18 Å². The van der Waals surface area contributed by atoms with Crippen molar-refractivity contribution in [2.45, 2.75) is 31.5 Å². The summed E-state index contributed by atoms with van der Waals surface area (Å²) in [5.74, 6) is 0.413. The van der Waals surface area contributed by atoms with E-state index in [1.165, 1.54) is 0 Å². The average molecular weight is 413 g/mol. The van der Waals surface area contributed by atoms with Crippen LogP contribution >= 0.6 is 24.0 Å². The van der Waals surface area contributed by atoms with E-state index in [0.717, 1.165) is 44.6 Å². The van der Waals surface area contributed by atoms with Gasteiger partial charge in [0.1, 0.15) is 5.82 Å². The predicted molar refractivity (Wildman–Crippen MR) is 95.9 cm³/mol. The van der Waals surface area contributed by atoms with Crippen LogP contribution in [0.25, 0.3) is 0 Å². The fourth-order valence-electron chi connectivity index (χ4n) is 3.29. The summed E-state index contributed by atoms with van der Waals surface area (Å²) in [4.78, 5) is 18.0. The number of piperidine rings is 1. The molecule has 1 aromatic heterocycles. The molecule has 26 heavy (non-hydrogen) atoms. The van der Waals surface area contributed by atoms with Crippen LogP contribution in [0.4, 0.5) is 19.0 Å². The molecular weight excluding hydrogens is 392 g/mol. The highest BCUT2D eigenvalue weighted by atomic mass is 35.5. The van der Waals surface area contributed by atoms with Gasteiger partial charge in [-0.2, -0.15) is 13.2 Å². The molecule has 2 aliphatic rings. The van der Waals surface area contributed by atoms with E-state index in [1.54, 1.807) is 0 Å². The van der Waals surface area contributed by atoms with E-state index in [-0.39, 0.29) is 35.3 Å². The van der Waals surface area contributed by atoms with Crippen LogP contribution in [0.3, 0.4) is 0 Å². The standard InChI is InChI=1S/C16H20ClF3N4O.ClH/c17-13-7-11(16(18,19)20)8-22-14(13)24-6-3-12(9-24)23-15(25)10-1-4-21-5-2-10;/h7-8,10,12,21H,1-6,9H2,(H,23,25);1H. The summed E-state index contributed by atoms with van der Waals surface area (Å²) in [6.07, 6.45) is -1.30. The van der Waals surface area contributed by atoms with Crippen molar-refractivity contribution in [1.82, 2.24) is 15.6 Å². The van der Waals surface area contributed by atoms with Crippen LogP contribution in [0.1, 0.15) is 24.8 Å². The summed E-state index contributed by atoms with van der Waals surface area (Å²) in [7, 11) is 0. The fourth-order valence-corrected chi connectivity index (χ4v) is 3.58. The number of halogens is 5. The van der Waals surface area contributed by atoms with Gasteiger partial charge in [0.05, 0.1) is 10.6 Å². The molecule has 0 radical (unpaired) electrons. The highest BCUT2D eigenvalue weighted by Crippen LogP contribution is 2.34. The monoisotopic (exact) mass is 412 g/mol. The van der Waals surface area contributed by atoms with Crippen molar-refractivity contribution in [3.63, 3.8) is 0 Å². The summed E-state index contributed by atoms with van der Waals surface area (Å²) >= 11 is 5.99. The molecule has 3 rings (SSSR count). The van der Waals surface area contributed by atoms with Gasteiger partial charge in [0, 0.05) is 31.2 Å². The maximum Gasteiger partial charge on any atom is 0.417 e. The first kappa shape index (κ1) is 21.1. The molecule has 1 atom stereocenters. The van der Waals surface area contributed by atoms with Gasteiger partial charge in [-0.25, -0.2) is 4.98 Å². The first-order valence-corrected chi connectivity index (χ1v) is 8.71. The Bertz CT molecular complexity index is 638. The zero-order valence-electron chi connectivity index (χ0n) is 14.0. The highest BCUT2D eigenvalue weighted by molar-refractivity contribution is 6.33. The Morgan fingerprint density at radius 1 is 1.31 bits per heavy atom. The quantitative estimate of drug-likeness (QED) is 0.801. The third-order valence-electron chi connectivity index (χ3n) is 4.69. The third-order valence-corrected chi connectivity index (χ3v) is 4.97. The van der Waals surface area contributed by atoms with Crippen molar-refractivity contribution in [1.29, 1.82) is 0 Å². The summed E-state index contributed by atoms with van der Waals surface area (Å²) in [6.45, 7) is 2.78. The van der Waals surface area contributed by atoms with Gasteiger partial charge in [-0.05, 0) is 38.4 Å². The van der Waals surface area contributed by atoms with Crippen molar-refractivity contribution >= 4 is 35.7 Å². The number of rotatable bonds is 3. The SMILES string of the molecule is Cl.O=C(NC1CCN(c2ncc(C(F)(F)F)cc2Cl)C1)C1CCNCC1. The number of nitrogens with one attached hydrogen (secondary N) is 2. The Kier molecular flexibility index (Phi) is 6.99. The lowest BCUT2D eigenvalue weighted by Gasteiger charge is -2.24. The smallest absolute Gasteiger partial charge is 0.353 e. The fraction of sp³-hybridized carbons (Fsp3) is 0.625. The molecule has 0 saturated carbocycles. The Hall–Kier alpha value is -1.25. The molecule has 146 valence electrons. The van der Waals surface area contributed by atoms with Gasteiger partial charge in [-0.1, -0.05) is 11.6 Å². The minimum Gasteiger partial charge on any atom is -0.353 e. The minimum absolute atomic E-state index is 0. The van der Waals surface area contributed by atoms with Crippen LogP contribution < -0.4 is 15.5 Å². The van der Waals surface area contributed by atoms with Crippen molar-refractivity contribution in [2.75, 3.05) is 31.1 Å². The second kappa shape index (κ2) is 8.63. The molecule has 10 heteroatoms. The molecule has 2 aliphatic heterocycles. The number of amides is 1. The molecule has 0 spiro atoms. The molecule has 1 amide bonds. The van der Waals surface area contributed by atoms with E-state index in [9.17, 15) is 18.0 Å². The van der Waals surface area contributed by atoms with Crippen LogP contribution in [0.15, 0.2) is 12.3 Å². The normalized spacial score (nSPS) is 21.4. The van der Waals surface area contributed by atoms with Crippen molar-refractivity contribution < 1.29 is 18.0 Å². The largest absolute Gasteiger partial charge is 0.417 e. The first-order chi connectivity index (χ1) is 11.8. The zero-order chi connectivity index (χ0) is 18.0. The molecule has 0 bridgehead atoms. The number of carbonyl (C=O) groups excluding carboxylic acids is 1. The zero-order valence-corrected chi connectivity index (χ0v) is 15.6. The number of nitrogens with zero attached hydrogens (tertiary/aromatic N) is 2. The molecule has 2 fully saturated rings. The average Bonchev–Trinajstić information content (AvgIpc) is 3.03. The van der Waals surface area contributed by atoms with Crippen LogP contribution in [0.2, 0.25) is 5.02 Å². The number of alkyl halides is 3. The summed E-state index contributed by atoms with van der Waals surface area (Å²) < 4.78 is 38.1. The molecule has 3 heterocycles. The maximum absolute atomic E-state index is 12.7. The Labute approximate surface area is 161 Å². The lowest BCUT2D eigenvalue weighted by Crippen LogP contribution is -2.43. The highest BCUT2D eigenvalue weighted by Gasteiger charge is 2.33. The van der Waals surface area contributed by atoms with E-state index in [1.807, 2.05) is 4.90 Å². The van der Waals surface area contributed by atoms with Crippen LogP contribution in [0.5, 0.6) is 0 Å². The Balaban J connectivity index is 0.00000243. The van der Waals surface area contributed by atoms with Gasteiger partial charge in [-0.15, -0.1) is 12.4 Å². The van der Waals surface area contributed by atoms with Gasteiger partial charge in [0.25, 0.3) is 0 Å². The molecule has 1 unspecified atom stereocenters. The predicted octanol–water partition coefficient (Wildman–Crippen LogP) is 2.87. The minimum atomic E-state index is -4.47. The summed E-state index contributed by atoms with van der Waals surface area (Å²) in [6, 6.07) is 0.854. The maximum atomic E-state index is 12.7. The van der Waals surface area contributed by atoms with Gasteiger partial charge < -0.3 is 15.5 Å². The molecule has 0 aromatic carbocycles. The molecule has 1 aromatic rings. The van der Waals surface area contributed by atoms with Gasteiger partial charge in [-0.3, -0.25) is 4.79 Å². The van der Waals surface area contributed by atoms with E-state index >= 15 is 0 Å². The molecule has 2 N–H and O–H groups in total. The number of anilines is 1. The van der Waals surface area contributed by atoms with E-state index in [0.29, 0.717) is 18.9 Å². The molecule has 5 nitrogen and oxygen atoms in total. The number of hydrogen-bond acceptors (Lipinski definition) is 4. The number of aromatic nitrogens is 1. The van der Waals surface area contributed by atoms with Crippen molar-refractivity contribution in [2.24, 2.45) is 5.92 Å². The van der Waals surface area contributed by atoms with Crippen LogP contribution in [0, 0.1) is 5.92 Å². The second-order valence-corrected chi connectivity index (χ2v) is 6.90. The van der Waals surface area contributed by atoms with Crippen molar-refractivity contribution in [3.05, 3.63) is 22.8 Å². The second-order valence-electron chi connectivity index (χ2n) is 6.49. The Morgan fingerprint density at radius 2 is 2.00 bits per heavy atom. The van der Waals surface area contributed by atoms with Crippen LogP contribution in [-0.2, 0) is 11.0 Å². The topological polar surface area (TPSA) is 57.3 Å². The van der Waals surface area contributed by atoms with Crippen molar-refractivity contribution in [3.8, 4) is 0 Å². The number of carbonyl (C=O) groups is 1. The van der Waals surface area contributed by atoms with Crippen LogP contribution in [-0.4, -0.2) is 43.1 Å². The Morgan fingerprint density at radius 3 is 2.62 bits per heavy atom. The number of hydrogen-bond donors (Lipinski definition) is 2. The van der Waals surface area contributed by atoms with E-state index < -0.39 is 11.7 Å². The summed E-state index contributed by atoms with van der Waals surface area (Å²) in [5, 5.41) is 6.24. The third kappa shape index (κ3) is 4.92. The lowest BCUT2D eigenvalue weighted by molar-refractivity contribution is -0.137. The lowest BCUT2D eigenvalue weighted by atomic mass is 9.97. The summed E-state index contributed by atoms with van der Waals surface area (Å²) in [5.41, 5.74) is -0.865. The first-order valence-electron chi connectivity index (χ1n) is 8.33. The molecule has 0 aliphatic carbocycles. The van der Waals surface area contributed by atoms with E-state index in [4.69, 9.17) is 11.6 Å². The van der Waals surface area contributed by atoms with Gasteiger partial charge in [0.2, 0.25) is 5.91 Å². The molecular formula is C16H21Cl2F3N4O. The van der Waals surface area contributed by atoms with E-state index in [2.05, 4.69) is 15.6 Å². The van der Waals surface area contributed by atoms with Gasteiger partial charge in [0.15, 0.2) is 0 Å². The molecule has 2 saturated heterocycles.